The number of carbonyl (C=O) groups is 1. The molecule has 0 unspecified atom stereocenters. The second kappa shape index (κ2) is 3.94. The molecule has 18 heavy (non-hydrogen) atoms. The topological polar surface area (TPSA) is 55.1 Å². The van der Waals surface area contributed by atoms with Crippen molar-refractivity contribution in [1.82, 2.24) is 9.78 Å². The molecule has 92 valence electrons. The molecule has 1 fully saturated rings. The second-order valence-electron chi connectivity index (χ2n) is 4.40. The van der Waals surface area contributed by atoms with Gasteiger partial charge in [-0.1, -0.05) is 6.07 Å². The van der Waals surface area contributed by atoms with Gasteiger partial charge in [0.1, 0.15) is 11.4 Å². The Labute approximate surface area is 103 Å². The molecule has 1 aromatic heterocycles. The molecule has 0 aliphatic heterocycles. The van der Waals surface area contributed by atoms with Crippen molar-refractivity contribution >= 4 is 5.97 Å². The van der Waals surface area contributed by atoms with Crippen molar-refractivity contribution in [1.29, 1.82) is 0 Å². The molecule has 0 amide bonds. The maximum absolute atomic E-state index is 13.5. The zero-order valence-electron chi connectivity index (χ0n) is 9.51. The van der Waals surface area contributed by atoms with Gasteiger partial charge in [-0.3, -0.25) is 0 Å². The zero-order chi connectivity index (χ0) is 12.7. The average molecular weight is 246 g/mol. The number of hydrogen-bond acceptors (Lipinski definition) is 2. The van der Waals surface area contributed by atoms with Crippen LogP contribution in [0, 0.1) is 5.82 Å². The number of carboxylic acid groups (broad SMARTS) is 1. The number of halogens is 1. The molecule has 0 spiro atoms. The highest BCUT2D eigenvalue weighted by molar-refractivity contribution is 5.92. The van der Waals surface area contributed by atoms with Crippen LogP contribution in [0.4, 0.5) is 4.39 Å². The maximum Gasteiger partial charge on any atom is 0.340 e. The van der Waals surface area contributed by atoms with E-state index in [4.69, 9.17) is 5.11 Å². The average Bonchev–Trinajstić information content (AvgIpc) is 3.06. The van der Waals surface area contributed by atoms with Crippen molar-refractivity contribution in [2.75, 3.05) is 0 Å². The van der Waals surface area contributed by atoms with E-state index in [9.17, 15) is 9.18 Å². The molecule has 1 saturated carbocycles. The normalized spacial score (nSPS) is 14.7. The van der Waals surface area contributed by atoms with Crippen molar-refractivity contribution in [2.24, 2.45) is 0 Å². The Balaban J connectivity index is 2.09. The van der Waals surface area contributed by atoms with E-state index in [1.165, 1.54) is 10.7 Å². The summed E-state index contributed by atoms with van der Waals surface area (Å²) in [5.74, 6) is -1.55. The van der Waals surface area contributed by atoms with Gasteiger partial charge in [0, 0.05) is 12.1 Å². The van der Waals surface area contributed by atoms with Crippen LogP contribution in [0.2, 0.25) is 0 Å². The second-order valence-corrected chi connectivity index (χ2v) is 4.40. The lowest BCUT2D eigenvalue weighted by Gasteiger charge is -2.06. The van der Waals surface area contributed by atoms with E-state index in [-0.39, 0.29) is 11.3 Å². The quantitative estimate of drug-likeness (QED) is 0.905. The van der Waals surface area contributed by atoms with Crippen LogP contribution in [0.15, 0.2) is 30.5 Å². The monoisotopic (exact) mass is 246 g/mol. The summed E-state index contributed by atoms with van der Waals surface area (Å²) in [6, 6.07) is 6.03. The molecule has 1 aliphatic carbocycles. The molecule has 5 heteroatoms. The van der Waals surface area contributed by atoms with Crippen molar-refractivity contribution in [3.8, 4) is 5.69 Å². The summed E-state index contributed by atoms with van der Waals surface area (Å²) in [4.78, 5) is 11.1. The zero-order valence-corrected chi connectivity index (χ0v) is 9.51. The fourth-order valence-corrected chi connectivity index (χ4v) is 1.98. The molecule has 0 radical (unpaired) electrons. The lowest BCUT2D eigenvalue weighted by atomic mass is 10.1. The number of rotatable bonds is 3. The minimum atomic E-state index is -1.29. The lowest BCUT2D eigenvalue weighted by molar-refractivity contribution is 0.0691. The summed E-state index contributed by atoms with van der Waals surface area (Å²) in [5, 5.41) is 13.4. The molecule has 3 rings (SSSR count). The Morgan fingerprint density at radius 1 is 1.39 bits per heavy atom. The fraction of sp³-hybridized carbons (Fsp3) is 0.231. The third kappa shape index (κ3) is 1.77. The van der Waals surface area contributed by atoms with Crippen LogP contribution in [0.5, 0.6) is 0 Å². The summed E-state index contributed by atoms with van der Waals surface area (Å²) in [6.45, 7) is 0. The first-order chi connectivity index (χ1) is 8.66. The van der Waals surface area contributed by atoms with Gasteiger partial charge in [-0.15, -0.1) is 0 Å². The SMILES string of the molecule is O=C(O)c1c(F)cccc1-n1ccc(C2CC2)n1. The van der Waals surface area contributed by atoms with Crippen LogP contribution in [0.25, 0.3) is 5.69 Å². The van der Waals surface area contributed by atoms with Gasteiger partial charge in [0.05, 0.1) is 11.4 Å². The first-order valence-corrected chi connectivity index (χ1v) is 5.74. The predicted octanol–water partition coefficient (Wildman–Crippen LogP) is 2.59. The van der Waals surface area contributed by atoms with Crippen molar-refractivity contribution < 1.29 is 14.3 Å². The number of nitrogens with zero attached hydrogens (tertiary/aromatic N) is 2. The van der Waals surface area contributed by atoms with Crippen LogP contribution in [0.3, 0.4) is 0 Å². The Bertz CT molecular complexity index is 617. The Morgan fingerprint density at radius 2 is 2.17 bits per heavy atom. The van der Waals surface area contributed by atoms with E-state index in [1.54, 1.807) is 12.3 Å². The summed E-state index contributed by atoms with van der Waals surface area (Å²) in [5.41, 5.74) is 0.855. The predicted molar refractivity (Wildman–Crippen MR) is 62.5 cm³/mol. The van der Waals surface area contributed by atoms with Crippen LogP contribution >= 0.6 is 0 Å². The molecule has 0 bridgehead atoms. The number of aromatic carboxylic acids is 1. The molecule has 1 aromatic carbocycles. The van der Waals surface area contributed by atoms with Crippen molar-refractivity contribution in [3.63, 3.8) is 0 Å². The molecule has 2 aromatic rings. The van der Waals surface area contributed by atoms with E-state index in [2.05, 4.69) is 5.10 Å². The fourth-order valence-electron chi connectivity index (χ4n) is 1.98. The minimum Gasteiger partial charge on any atom is -0.478 e. The van der Waals surface area contributed by atoms with Gasteiger partial charge < -0.3 is 5.11 Å². The smallest absolute Gasteiger partial charge is 0.340 e. The number of hydrogen-bond donors (Lipinski definition) is 1. The van der Waals surface area contributed by atoms with Crippen molar-refractivity contribution in [2.45, 2.75) is 18.8 Å². The molecule has 0 saturated heterocycles. The first-order valence-electron chi connectivity index (χ1n) is 5.74. The van der Waals surface area contributed by atoms with Gasteiger partial charge in [0.25, 0.3) is 0 Å². The minimum absolute atomic E-state index is 0.259. The third-order valence-electron chi connectivity index (χ3n) is 3.06. The van der Waals surface area contributed by atoms with Gasteiger partial charge in [-0.2, -0.15) is 5.10 Å². The van der Waals surface area contributed by atoms with Crippen LogP contribution < -0.4 is 0 Å². The Kier molecular flexibility index (Phi) is 2.40. The molecule has 1 aliphatic rings. The van der Waals surface area contributed by atoms with Crippen LogP contribution in [0.1, 0.15) is 34.8 Å². The number of benzene rings is 1. The maximum atomic E-state index is 13.5. The highest BCUT2D eigenvalue weighted by Crippen LogP contribution is 2.39. The van der Waals surface area contributed by atoms with E-state index in [0.29, 0.717) is 5.92 Å². The Hall–Kier alpha value is -2.17. The number of aromatic nitrogens is 2. The van der Waals surface area contributed by atoms with E-state index in [1.807, 2.05) is 6.07 Å². The largest absolute Gasteiger partial charge is 0.478 e. The molecular weight excluding hydrogens is 235 g/mol. The lowest BCUT2D eigenvalue weighted by Crippen LogP contribution is -2.08. The molecule has 1 heterocycles. The van der Waals surface area contributed by atoms with Crippen molar-refractivity contribution in [3.05, 3.63) is 47.5 Å². The molecular formula is C13H11FN2O2. The van der Waals surface area contributed by atoms with E-state index < -0.39 is 11.8 Å². The van der Waals surface area contributed by atoms with Gasteiger partial charge in [-0.25, -0.2) is 13.9 Å². The molecule has 0 atom stereocenters. The highest BCUT2D eigenvalue weighted by atomic mass is 19.1. The van der Waals surface area contributed by atoms with E-state index in [0.717, 1.165) is 24.6 Å². The van der Waals surface area contributed by atoms with Crippen LogP contribution in [-0.4, -0.2) is 20.9 Å². The molecule has 4 nitrogen and oxygen atoms in total. The van der Waals surface area contributed by atoms with E-state index >= 15 is 0 Å². The van der Waals surface area contributed by atoms with Gasteiger partial charge in [0.2, 0.25) is 0 Å². The van der Waals surface area contributed by atoms with Gasteiger partial charge in [-0.05, 0) is 31.0 Å². The Morgan fingerprint density at radius 3 is 2.83 bits per heavy atom. The van der Waals surface area contributed by atoms with Crippen LogP contribution in [-0.2, 0) is 0 Å². The van der Waals surface area contributed by atoms with Gasteiger partial charge >= 0.3 is 5.97 Å². The summed E-state index contributed by atoms with van der Waals surface area (Å²) in [7, 11) is 0. The first kappa shape index (κ1) is 11.0. The highest BCUT2D eigenvalue weighted by Gasteiger charge is 2.26. The summed E-state index contributed by atoms with van der Waals surface area (Å²) < 4.78 is 15.0. The van der Waals surface area contributed by atoms with Gasteiger partial charge in [0.15, 0.2) is 0 Å². The standard InChI is InChI=1S/C13H11FN2O2/c14-9-2-1-3-11(12(9)13(17)18)16-7-6-10(15-16)8-4-5-8/h1-3,6-8H,4-5H2,(H,17,18). The molecule has 1 N–H and O–H groups in total. The summed E-state index contributed by atoms with van der Waals surface area (Å²) >= 11 is 0. The third-order valence-corrected chi connectivity index (χ3v) is 3.06. The number of carboxylic acids is 1. The summed E-state index contributed by atoms with van der Waals surface area (Å²) in [6.07, 6.45) is 3.91.